The van der Waals surface area contributed by atoms with E-state index in [1.807, 2.05) is 18.2 Å². The van der Waals surface area contributed by atoms with E-state index < -0.39 is 0 Å². The van der Waals surface area contributed by atoms with E-state index >= 15 is 0 Å². The minimum Gasteiger partial charge on any atom is -0.494 e. The van der Waals surface area contributed by atoms with Crippen molar-refractivity contribution in [1.29, 1.82) is 0 Å². The van der Waals surface area contributed by atoms with Gasteiger partial charge in [-0.1, -0.05) is 53.7 Å². The molecule has 0 bridgehead atoms. The van der Waals surface area contributed by atoms with Gasteiger partial charge < -0.3 is 14.8 Å². The standard InChI is InChI=1S/C28H41IN2O6/c1-35-28(34)18-11-19-36-24-14-10-13-23(20-24)30-26(32)16-8-4-5-9-17-27(33)31-37-21-22-12-6-2-3-7-15-25(22)29/h3,7,10,13-14,20,22,25H,2,4-6,8-9,11-12,15-19,21H2,1H3,(H,30,32)(H,31,33)/b7-3-. The summed E-state index contributed by atoms with van der Waals surface area (Å²) < 4.78 is 10.8. The van der Waals surface area contributed by atoms with Crippen LogP contribution >= 0.6 is 22.6 Å². The lowest BCUT2D eigenvalue weighted by molar-refractivity contribution is -0.140. The van der Waals surface area contributed by atoms with Gasteiger partial charge in [0.25, 0.3) is 0 Å². The van der Waals surface area contributed by atoms with E-state index in [-0.39, 0.29) is 17.8 Å². The number of hydroxylamine groups is 1. The van der Waals surface area contributed by atoms with E-state index in [1.165, 1.54) is 7.11 Å². The Balaban J connectivity index is 1.50. The lowest BCUT2D eigenvalue weighted by Crippen LogP contribution is -2.29. The fourth-order valence-electron chi connectivity index (χ4n) is 4.00. The number of rotatable bonds is 16. The predicted molar refractivity (Wildman–Crippen MR) is 153 cm³/mol. The molecule has 0 fully saturated rings. The number of alkyl halides is 1. The molecule has 2 unspecified atom stereocenters. The van der Waals surface area contributed by atoms with E-state index in [4.69, 9.17) is 9.57 Å². The molecular formula is C28H41IN2O6. The van der Waals surface area contributed by atoms with Gasteiger partial charge in [-0.2, -0.15) is 0 Å². The quantitative estimate of drug-likeness (QED) is 0.0591. The molecule has 2 N–H and O–H groups in total. The van der Waals surface area contributed by atoms with Crippen molar-refractivity contribution in [2.75, 3.05) is 25.6 Å². The monoisotopic (exact) mass is 628 g/mol. The van der Waals surface area contributed by atoms with Crippen LogP contribution in [0, 0.1) is 5.92 Å². The van der Waals surface area contributed by atoms with Crippen molar-refractivity contribution in [3.8, 4) is 5.75 Å². The molecule has 0 aliphatic heterocycles. The van der Waals surface area contributed by atoms with Crippen molar-refractivity contribution in [2.24, 2.45) is 5.92 Å². The fraction of sp³-hybridized carbons (Fsp3) is 0.607. The Morgan fingerprint density at radius 1 is 1.00 bits per heavy atom. The first-order chi connectivity index (χ1) is 18.0. The molecule has 37 heavy (non-hydrogen) atoms. The average molecular weight is 629 g/mol. The van der Waals surface area contributed by atoms with Crippen molar-refractivity contribution < 1.29 is 28.7 Å². The predicted octanol–water partition coefficient (Wildman–Crippen LogP) is 5.90. The first kappa shape index (κ1) is 31.1. The van der Waals surface area contributed by atoms with Crippen LogP contribution in [-0.2, 0) is 24.0 Å². The molecule has 206 valence electrons. The fourth-order valence-corrected chi connectivity index (χ4v) is 4.86. The number of esters is 1. The Bertz CT molecular complexity index is 863. The number of carbonyl (C=O) groups is 3. The molecule has 0 aromatic heterocycles. The zero-order valence-corrected chi connectivity index (χ0v) is 24.0. The summed E-state index contributed by atoms with van der Waals surface area (Å²) in [6, 6.07) is 7.21. The number of anilines is 1. The highest BCUT2D eigenvalue weighted by molar-refractivity contribution is 14.1. The lowest BCUT2D eigenvalue weighted by Gasteiger charge is -2.22. The molecule has 2 amide bonds. The summed E-state index contributed by atoms with van der Waals surface area (Å²) in [6.45, 7) is 0.959. The third-order valence-electron chi connectivity index (χ3n) is 6.17. The molecule has 0 saturated heterocycles. The lowest BCUT2D eigenvalue weighted by atomic mass is 9.95. The Morgan fingerprint density at radius 3 is 2.57 bits per heavy atom. The molecule has 1 aliphatic carbocycles. The Kier molecular flexibility index (Phi) is 16.0. The van der Waals surface area contributed by atoms with Crippen molar-refractivity contribution >= 4 is 46.1 Å². The molecule has 8 nitrogen and oxygen atoms in total. The maximum atomic E-state index is 12.3. The van der Waals surface area contributed by atoms with Crippen LogP contribution in [0.1, 0.15) is 77.0 Å². The van der Waals surface area contributed by atoms with Gasteiger partial charge in [-0.15, -0.1) is 0 Å². The number of halogens is 1. The van der Waals surface area contributed by atoms with Crippen LogP contribution in [0.4, 0.5) is 5.69 Å². The van der Waals surface area contributed by atoms with E-state index in [2.05, 4.69) is 50.3 Å². The molecule has 1 aromatic carbocycles. The summed E-state index contributed by atoms with van der Waals surface area (Å²) in [6.07, 6.45) is 14.0. The number of nitrogens with one attached hydrogen (secondary N) is 2. The molecule has 2 rings (SSSR count). The van der Waals surface area contributed by atoms with E-state index in [1.54, 1.807) is 6.07 Å². The number of carbonyl (C=O) groups excluding carboxylic acids is 3. The van der Waals surface area contributed by atoms with Crippen molar-refractivity contribution in [3.63, 3.8) is 0 Å². The second-order valence-electron chi connectivity index (χ2n) is 9.27. The highest BCUT2D eigenvalue weighted by atomic mass is 127. The van der Waals surface area contributed by atoms with Gasteiger partial charge in [-0.05, 0) is 63.0 Å². The molecule has 0 saturated carbocycles. The number of allylic oxidation sites excluding steroid dienone is 2. The van der Waals surface area contributed by atoms with Crippen LogP contribution in [0.25, 0.3) is 0 Å². The minimum absolute atomic E-state index is 0.0488. The van der Waals surface area contributed by atoms with Crippen molar-refractivity contribution in [3.05, 3.63) is 36.4 Å². The molecule has 0 heterocycles. The summed E-state index contributed by atoms with van der Waals surface area (Å²) in [5, 5.41) is 2.89. The molecule has 9 heteroatoms. The molecule has 0 radical (unpaired) electrons. The van der Waals surface area contributed by atoms with E-state index in [9.17, 15) is 14.4 Å². The number of hydrogen-bond donors (Lipinski definition) is 2. The van der Waals surface area contributed by atoms with Crippen LogP contribution in [0.2, 0.25) is 0 Å². The topological polar surface area (TPSA) is 103 Å². The van der Waals surface area contributed by atoms with E-state index in [0.717, 1.165) is 51.4 Å². The maximum absolute atomic E-state index is 12.3. The number of hydrogen-bond acceptors (Lipinski definition) is 6. The third-order valence-corrected chi connectivity index (χ3v) is 7.69. The highest BCUT2D eigenvalue weighted by Gasteiger charge is 2.19. The smallest absolute Gasteiger partial charge is 0.305 e. The molecule has 2 atom stereocenters. The Labute approximate surface area is 234 Å². The molecule has 1 aromatic rings. The van der Waals surface area contributed by atoms with Gasteiger partial charge in [0, 0.05) is 34.9 Å². The molecular weight excluding hydrogens is 587 g/mol. The van der Waals surface area contributed by atoms with Gasteiger partial charge in [-0.3, -0.25) is 19.2 Å². The zero-order valence-electron chi connectivity index (χ0n) is 21.8. The van der Waals surface area contributed by atoms with Gasteiger partial charge in [0.05, 0.1) is 20.3 Å². The summed E-state index contributed by atoms with van der Waals surface area (Å²) >= 11 is 2.48. The van der Waals surface area contributed by atoms with Gasteiger partial charge in [-0.25, -0.2) is 5.48 Å². The van der Waals surface area contributed by atoms with Crippen LogP contribution in [0.5, 0.6) is 5.75 Å². The summed E-state index contributed by atoms with van der Waals surface area (Å²) in [7, 11) is 1.36. The van der Waals surface area contributed by atoms with Gasteiger partial charge in [0.1, 0.15) is 5.75 Å². The second kappa shape index (κ2) is 19.0. The van der Waals surface area contributed by atoms with Crippen molar-refractivity contribution in [2.45, 2.75) is 81.0 Å². The van der Waals surface area contributed by atoms with E-state index in [0.29, 0.717) is 60.2 Å². The number of benzene rings is 1. The normalized spacial score (nSPS) is 18.2. The number of ether oxygens (including phenoxy) is 2. The first-order valence-electron chi connectivity index (χ1n) is 13.3. The van der Waals surface area contributed by atoms with Gasteiger partial charge in [0.15, 0.2) is 0 Å². The van der Waals surface area contributed by atoms with Crippen LogP contribution in [0.15, 0.2) is 36.4 Å². The van der Waals surface area contributed by atoms with Gasteiger partial charge >= 0.3 is 5.97 Å². The average Bonchev–Trinajstić information content (AvgIpc) is 2.88. The summed E-state index contributed by atoms with van der Waals surface area (Å²) in [4.78, 5) is 40.9. The number of amides is 2. The SMILES string of the molecule is COC(=O)CCCOc1cccc(NC(=O)CCCCCCC(=O)NOCC2CCC/C=C\CC2I)c1. The maximum Gasteiger partial charge on any atom is 0.305 e. The van der Waals surface area contributed by atoms with Crippen LogP contribution in [-0.4, -0.2) is 42.0 Å². The highest BCUT2D eigenvalue weighted by Crippen LogP contribution is 2.26. The number of unbranched alkanes of at least 4 members (excludes halogenated alkanes) is 3. The van der Waals surface area contributed by atoms with Crippen molar-refractivity contribution in [1.82, 2.24) is 5.48 Å². The largest absolute Gasteiger partial charge is 0.494 e. The third kappa shape index (κ3) is 14.4. The first-order valence-corrected chi connectivity index (χ1v) is 14.5. The summed E-state index contributed by atoms with van der Waals surface area (Å²) in [5.74, 6) is 0.712. The zero-order chi connectivity index (χ0) is 26.7. The Hall–Kier alpha value is -2.14. The van der Waals surface area contributed by atoms with Crippen LogP contribution < -0.4 is 15.5 Å². The summed E-state index contributed by atoms with van der Waals surface area (Å²) in [5.41, 5.74) is 3.27. The van der Waals surface area contributed by atoms with Crippen LogP contribution in [0.3, 0.4) is 0 Å². The Morgan fingerprint density at radius 2 is 1.78 bits per heavy atom. The minimum atomic E-state index is -0.259. The number of methoxy groups -OCH3 is 1. The second-order valence-corrected chi connectivity index (χ2v) is 10.9. The van der Waals surface area contributed by atoms with Gasteiger partial charge in [0.2, 0.25) is 11.8 Å². The molecule has 1 aliphatic rings. The molecule has 0 spiro atoms.